The molecule has 1 unspecified atom stereocenters. The third-order valence-corrected chi connectivity index (χ3v) is 6.01. The Hall–Kier alpha value is -0.570. The fourth-order valence-corrected chi connectivity index (χ4v) is 4.15. The summed E-state index contributed by atoms with van der Waals surface area (Å²) in [7, 11) is 0. The maximum Gasteiger partial charge on any atom is 0.303 e. The van der Waals surface area contributed by atoms with Gasteiger partial charge in [0.15, 0.2) is 0 Å². The minimum absolute atomic E-state index is 0.329. The summed E-state index contributed by atoms with van der Waals surface area (Å²) in [6.07, 6.45) is 22.3. The van der Waals surface area contributed by atoms with Crippen LogP contribution in [0.5, 0.6) is 0 Å². The van der Waals surface area contributed by atoms with Gasteiger partial charge in [0, 0.05) is 12.5 Å². The van der Waals surface area contributed by atoms with Gasteiger partial charge in [0.1, 0.15) is 0 Å². The van der Waals surface area contributed by atoms with Gasteiger partial charge in [-0.1, -0.05) is 97.8 Å². The standard InChI is InChI=1S/C25H51NO2/c1-4-7-9-11-13-18-22-26(23-19-14-12-10-8-5-2)24(6-3)20-16-15-17-21-25(27)28/h24H,4-23H2,1-3H3,(H,27,28). The van der Waals surface area contributed by atoms with Crippen molar-refractivity contribution in [2.24, 2.45) is 0 Å². The fraction of sp³-hybridized carbons (Fsp3) is 0.960. The smallest absolute Gasteiger partial charge is 0.303 e. The van der Waals surface area contributed by atoms with Crippen molar-refractivity contribution in [1.29, 1.82) is 0 Å². The molecule has 0 amide bonds. The molecule has 0 heterocycles. The van der Waals surface area contributed by atoms with Crippen LogP contribution in [-0.2, 0) is 4.79 Å². The lowest BCUT2D eigenvalue weighted by Crippen LogP contribution is -2.36. The van der Waals surface area contributed by atoms with E-state index in [2.05, 4.69) is 25.7 Å². The molecule has 1 atom stereocenters. The molecule has 1 N–H and O–H groups in total. The van der Waals surface area contributed by atoms with Gasteiger partial charge in [-0.15, -0.1) is 0 Å². The van der Waals surface area contributed by atoms with Crippen molar-refractivity contribution in [3.63, 3.8) is 0 Å². The minimum atomic E-state index is -0.653. The Morgan fingerprint density at radius 1 is 0.679 bits per heavy atom. The molecule has 168 valence electrons. The summed E-state index contributed by atoms with van der Waals surface area (Å²) < 4.78 is 0. The van der Waals surface area contributed by atoms with Crippen molar-refractivity contribution >= 4 is 5.97 Å². The number of carboxylic acids is 1. The van der Waals surface area contributed by atoms with E-state index < -0.39 is 5.97 Å². The lowest BCUT2D eigenvalue weighted by Gasteiger charge is -2.31. The Kier molecular flexibility index (Phi) is 20.7. The van der Waals surface area contributed by atoms with Crippen molar-refractivity contribution in [3.8, 4) is 0 Å². The number of nitrogens with zero attached hydrogens (tertiary/aromatic N) is 1. The molecule has 0 aliphatic rings. The molecule has 0 aromatic carbocycles. The molecule has 0 rings (SSSR count). The second kappa shape index (κ2) is 21.1. The van der Waals surface area contributed by atoms with E-state index in [1.54, 1.807) is 0 Å². The molecule has 0 bridgehead atoms. The molecule has 28 heavy (non-hydrogen) atoms. The first kappa shape index (κ1) is 27.4. The number of hydrogen-bond acceptors (Lipinski definition) is 2. The van der Waals surface area contributed by atoms with E-state index in [-0.39, 0.29) is 0 Å². The minimum Gasteiger partial charge on any atom is -0.481 e. The maximum absolute atomic E-state index is 10.7. The number of hydrogen-bond donors (Lipinski definition) is 1. The quantitative estimate of drug-likeness (QED) is 0.189. The van der Waals surface area contributed by atoms with Crippen LogP contribution in [0, 0.1) is 0 Å². The van der Waals surface area contributed by atoms with Crippen LogP contribution in [-0.4, -0.2) is 35.1 Å². The van der Waals surface area contributed by atoms with Gasteiger partial charge in [0.2, 0.25) is 0 Å². The summed E-state index contributed by atoms with van der Waals surface area (Å²) in [4.78, 5) is 13.5. The SMILES string of the molecule is CCCCCCCCN(CCCCCCCC)C(CC)CCCCCC(=O)O. The Morgan fingerprint density at radius 3 is 1.61 bits per heavy atom. The Bertz CT molecular complexity index is 317. The predicted octanol–water partition coefficient (Wildman–Crippen LogP) is 7.82. The second-order valence-corrected chi connectivity index (χ2v) is 8.63. The van der Waals surface area contributed by atoms with E-state index in [1.165, 1.54) is 109 Å². The monoisotopic (exact) mass is 397 g/mol. The Morgan fingerprint density at radius 2 is 1.14 bits per heavy atom. The Balaban J connectivity index is 4.24. The van der Waals surface area contributed by atoms with Crippen molar-refractivity contribution in [1.82, 2.24) is 4.90 Å². The first-order chi connectivity index (χ1) is 13.7. The van der Waals surface area contributed by atoms with E-state index in [4.69, 9.17) is 5.11 Å². The van der Waals surface area contributed by atoms with Crippen molar-refractivity contribution in [3.05, 3.63) is 0 Å². The summed E-state index contributed by atoms with van der Waals surface area (Å²) in [6.45, 7) is 9.41. The third kappa shape index (κ3) is 17.5. The van der Waals surface area contributed by atoms with Crippen LogP contribution in [0.1, 0.15) is 136 Å². The van der Waals surface area contributed by atoms with Gasteiger partial charge in [-0.2, -0.15) is 0 Å². The highest BCUT2D eigenvalue weighted by atomic mass is 16.4. The van der Waals surface area contributed by atoms with Gasteiger partial charge in [0.05, 0.1) is 0 Å². The molecule has 0 aromatic heterocycles. The third-order valence-electron chi connectivity index (χ3n) is 6.01. The summed E-state index contributed by atoms with van der Waals surface area (Å²) in [5.74, 6) is -0.653. The summed E-state index contributed by atoms with van der Waals surface area (Å²) >= 11 is 0. The average molecular weight is 398 g/mol. The van der Waals surface area contributed by atoms with E-state index in [9.17, 15) is 4.79 Å². The van der Waals surface area contributed by atoms with E-state index in [0.29, 0.717) is 12.5 Å². The summed E-state index contributed by atoms with van der Waals surface area (Å²) in [5, 5.41) is 8.80. The first-order valence-corrected chi connectivity index (χ1v) is 12.6. The normalized spacial score (nSPS) is 12.6. The number of aliphatic carboxylic acids is 1. The predicted molar refractivity (Wildman–Crippen MR) is 123 cm³/mol. The number of rotatable bonds is 22. The first-order valence-electron chi connectivity index (χ1n) is 12.6. The molecular formula is C25H51NO2. The van der Waals surface area contributed by atoms with Crippen molar-refractivity contribution < 1.29 is 9.90 Å². The van der Waals surface area contributed by atoms with Crippen LogP contribution in [0.15, 0.2) is 0 Å². The van der Waals surface area contributed by atoms with Crippen molar-refractivity contribution in [2.75, 3.05) is 13.1 Å². The van der Waals surface area contributed by atoms with Crippen LogP contribution < -0.4 is 0 Å². The highest BCUT2D eigenvalue weighted by molar-refractivity contribution is 5.66. The molecule has 3 nitrogen and oxygen atoms in total. The zero-order valence-corrected chi connectivity index (χ0v) is 19.5. The maximum atomic E-state index is 10.7. The molecular weight excluding hydrogens is 346 g/mol. The number of unbranched alkanes of at least 4 members (excludes halogenated alkanes) is 12. The zero-order valence-electron chi connectivity index (χ0n) is 19.5. The molecule has 0 saturated heterocycles. The summed E-state index contributed by atoms with van der Waals surface area (Å²) in [6, 6.07) is 0.691. The molecule has 0 aromatic rings. The van der Waals surface area contributed by atoms with Gasteiger partial charge in [-0.3, -0.25) is 4.79 Å². The molecule has 0 fully saturated rings. The number of carbonyl (C=O) groups is 1. The molecule has 0 spiro atoms. The molecule has 0 aliphatic carbocycles. The van der Waals surface area contributed by atoms with E-state index in [1.807, 2.05) is 0 Å². The topological polar surface area (TPSA) is 40.5 Å². The van der Waals surface area contributed by atoms with Crippen LogP contribution in [0.25, 0.3) is 0 Å². The van der Waals surface area contributed by atoms with E-state index >= 15 is 0 Å². The van der Waals surface area contributed by atoms with Gasteiger partial charge >= 0.3 is 5.97 Å². The van der Waals surface area contributed by atoms with Crippen LogP contribution in [0.4, 0.5) is 0 Å². The lowest BCUT2D eigenvalue weighted by atomic mass is 10.0. The van der Waals surface area contributed by atoms with E-state index in [0.717, 1.165) is 12.8 Å². The zero-order chi connectivity index (χ0) is 20.9. The van der Waals surface area contributed by atoms with Gasteiger partial charge in [0.25, 0.3) is 0 Å². The highest BCUT2D eigenvalue weighted by Gasteiger charge is 2.16. The molecule has 3 heteroatoms. The molecule has 0 saturated carbocycles. The fourth-order valence-electron chi connectivity index (χ4n) is 4.15. The number of carboxylic acid groups (broad SMARTS) is 1. The van der Waals surface area contributed by atoms with Gasteiger partial charge in [-0.05, 0) is 45.2 Å². The van der Waals surface area contributed by atoms with Crippen LogP contribution in [0.2, 0.25) is 0 Å². The molecule has 0 radical (unpaired) electrons. The second-order valence-electron chi connectivity index (χ2n) is 8.63. The van der Waals surface area contributed by atoms with Gasteiger partial charge in [-0.25, -0.2) is 0 Å². The van der Waals surface area contributed by atoms with Crippen LogP contribution >= 0.6 is 0 Å². The highest BCUT2D eigenvalue weighted by Crippen LogP contribution is 2.17. The molecule has 0 aliphatic heterocycles. The van der Waals surface area contributed by atoms with Crippen LogP contribution in [0.3, 0.4) is 0 Å². The Labute approximate surface area is 176 Å². The largest absolute Gasteiger partial charge is 0.481 e. The lowest BCUT2D eigenvalue weighted by molar-refractivity contribution is -0.137. The average Bonchev–Trinajstić information content (AvgIpc) is 2.68. The van der Waals surface area contributed by atoms with Gasteiger partial charge < -0.3 is 10.0 Å². The van der Waals surface area contributed by atoms with Crippen molar-refractivity contribution in [2.45, 2.75) is 142 Å². The summed E-state index contributed by atoms with van der Waals surface area (Å²) in [5.41, 5.74) is 0.